The predicted octanol–water partition coefficient (Wildman–Crippen LogP) is 5.81. The van der Waals surface area contributed by atoms with Crippen LogP contribution in [0.4, 0.5) is 0 Å². The molecule has 0 aromatic heterocycles. The largest absolute Gasteiger partial charge is 0.481 e. The fraction of sp³-hybridized carbons (Fsp3) is 0.348. The van der Waals surface area contributed by atoms with Crippen LogP contribution < -0.4 is 4.74 Å². The highest BCUT2D eigenvalue weighted by Gasteiger charge is 2.83. The number of hydrogen-bond acceptors (Lipinski definition) is 2. The standard InChI is InChI=1S/C23H26O3/c1-16(2)15-23(21(3,4)22(23,5)20(24)25)17-10-9-13-19(14-17)26-18-11-7-6-8-12-18/h6-15H,1-5H3,(H,24,25). The van der Waals surface area contributed by atoms with Crippen molar-refractivity contribution in [2.75, 3.05) is 0 Å². The Labute approximate surface area is 155 Å². The van der Waals surface area contributed by atoms with Gasteiger partial charge in [-0.2, -0.15) is 0 Å². The van der Waals surface area contributed by atoms with Gasteiger partial charge in [-0.1, -0.05) is 55.8 Å². The van der Waals surface area contributed by atoms with Gasteiger partial charge >= 0.3 is 5.97 Å². The zero-order chi connectivity index (χ0) is 19.2. The van der Waals surface area contributed by atoms with Gasteiger partial charge in [-0.25, -0.2) is 0 Å². The van der Waals surface area contributed by atoms with Crippen LogP contribution >= 0.6 is 0 Å². The molecule has 1 N–H and O–H groups in total. The molecule has 26 heavy (non-hydrogen) atoms. The van der Waals surface area contributed by atoms with Gasteiger partial charge in [-0.15, -0.1) is 0 Å². The normalized spacial score (nSPS) is 26.0. The zero-order valence-corrected chi connectivity index (χ0v) is 16.0. The third-order valence-electron chi connectivity index (χ3n) is 6.16. The number of carboxylic acid groups (broad SMARTS) is 1. The Morgan fingerprint density at radius 3 is 2.12 bits per heavy atom. The minimum atomic E-state index is -0.872. The van der Waals surface area contributed by atoms with Crippen molar-refractivity contribution in [1.29, 1.82) is 0 Å². The van der Waals surface area contributed by atoms with Gasteiger partial charge in [0.25, 0.3) is 0 Å². The first kappa shape index (κ1) is 18.2. The zero-order valence-electron chi connectivity index (χ0n) is 16.0. The maximum atomic E-state index is 12.2. The van der Waals surface area contributed by atoms with Crippen molar-refractivity contribution in [2.24, 2.45) is 10.8 Å². The summed E-state index contributed by atoms with van der Waals surface area (Å²) in [4.78, 5) is 12.2. The van der Waals surface area contributed by atoms with Crippen LogP contribution in [0.15, 0.2) is 66.2 Å². The number of carbonyl (C=O) groups is 1. The molecule has 0 saturated heterocycles. The number of benzene rings is 2. The van der Waals surface area contributed by atoms with Crippen molar-refractivity contribution in [2.45, 2.75) is 40.0 Å². The molecule has 1 saturated carbocycles. The van der Waals surface area contributed by atoms with Crippen LogP contribution in [-0.2, 0) is 10.2 Å². The highest BCUT2D eigenvalue weighted by Crippen LogP contribution is 2.79. The van der Waals surface area contributed by atoms with Crippen LogP contribution in [0, 0.1) is 10.8 Å². The molecule has 3 heteroatoms. The van der Waals surface area contributed by atoms with Crippen LogP contribution in [-0.4, -0.2) is 11.1 Å². The Morgan fingerprint density at radius 2 is 1.58 bits per heavy atom. The van der Waals surface area contributed by atoms with Gasteiger partial charge in [0.1, 0.15) is 11.5 Å². The summed E-state index contributed by atoms with van der Waals surface area (Å²) in [6.45, 7) is 9.95. The predicted molar refractivity (Wildman–Crippen MR) is 104 cm³/mol. The molecule has 0 aliphatic heterocycles. The molecular weight excluding hydrogens is 324 g/mol. The molecule has 136 valence electrons. The number of aliphatic carboxylic acids is 1. The molecule has 0 heterocycles. The van der Waals surface area contributed by atoms with Crippen LogP contribution in [0.5, 0.6) is 11.5 Å². The molecular formula is C23H26O3. The molecule has 1 fully saturated rings. The molecule has 0 spiro atoms. The van der Waals surface area contributed by atoms with Gasteiger partial charge in [-0.3, -0.25) is 4.79 Å². The summed E-state index contributed by atoms with van der Waals surface area (Å²) in [5.74, 6) is 0.706. The van der Waals surface area contributed by atoms with Gasteiger partial charge in [0.05, 0.1) is 5.41 Å². The quantitative estimate of drug-likeness (QED) is 0.692. The average molecular weight is 350 g/mol. The molecule has 1 aliphatic rings. The van der Waals surface area contributed by atoms with Gasteiger partial charge in [0.2, 0.25) is 0 Å². The SMILES string of the molecule is CC(C)=CC1(c2cccc(Oc3ccccc3)c2)C(C)(C)C1(C)C(=O)O. The maximum Gasteiger partial charge on any atom is 0.311 e. The monoisotopic (exact) mass is 350 g/mol. The van der Waals surface area contributed by atoms with Crippen molar-refractivity contribution in [3.8, 4) is 11.5 Å². The molecule has 0 amide bonds. The smallest absolute Gasteiger partial charge is 0.311 e. The molecule has 2 atom stereocenters. The fourth-order valence-corrected chi connectivity index (χ4v) is 4.49. The van der Waals surface area contributed by atoms with Gasteiger partial charge in [0, 0.05) is 5.41 Å². The Bertz CT molecular complexity index is 862. The lowest BCUT2D eigenvalue weighted by molar-refractivity contribution is -0.144. The van der Waals surface area contributed by atoms with E-state index >= 15 is 0 Å². The summed E-state index contributed by atoms with van der Waals surface area (Å²) in [6, 6.07) is 17.4. The summed E-state index contributed by atoms with van der Waals surface area (Å²) >= 11 is 0. The summed E-state index contributed by atoms with van der Waals surface area (Å²) in [5, 5.41) is 10.0. The highest BCUT2D eigenvalue weighted by atomic mass is 16.5. The number of para-hydroxylation sites is 1. The summed E-state index contributed by atoms with van der Waals surface area (Å²) in [6.07, 6.45) is 2.11. The maximum absolute atomic E-state index is 12.2. The first-order valence-electron chi connectivity index (χ1n) is 8.90. The Hall–Kier alpha value is -2.55. The molecule has 3 rings (SSSR count). The minimum absolute atomic E-state index is 0.408. The molecule has 0 bridgehead atoms. The van der Waals surface area contributed by atoms with Crippen molar-refractivity contribution in [1.82, 2.24) is 0 Å². The molecule has 2 unspecified atom stereocenters. The van der Waals surface area contributed by atoms with Gasteiger partial charge in [0.15, 0.2) is 0 Å². The molecule has 2 aromatic carbocycles. The van der Waals surface area contributed by atoms with Crippen molar-refractivity contribution in [3.05, 3.63) is 71.8 Å². The van der Waals surface area contributed by atoms with E-state index in [4.69, 9.17) is 4.74 Å². The number of carboxylic acids is 1. The second-order valence-corrected chi connectivity index (χ2v) is 8.03. The van der Waals surface area contributed by atoms with E-state index in [2.05, 4.69) is 6.08 Å². The fourth-order valence-electron chi connectivity index (χ4n) is 4.49. The van der Waals surface area contributed by atoms with Crippen LogP contribution in [0.25, 0.3) is 0 Å². The van der Waals surface area contributed by atoms with E-state index in [0.717, 1.165) is 16.9 Å². The van der Waals surface area contributed by atoms with Gasteiger partial charge < -0.3 is 9.84 Å². The Balaban J connectivity index is 2.09. The number of allylic oxidation sites excluding steroid dienone is 2. The topological polar surface area (TPSA) is 46.5 Å². The minimum Gasteiger partial charge on any atom is -0.481 e. The van der Waals surface area contributed by atoms with Crippen molar-refractivity contribution < 1.29 is 14.6 Å². The van der Waals surface area contributed by atoms with Crippen LogP contribution in [0.2, 0.25) is 0 Å². The highest BCUT2D eigenvalue weighted by molar-refractivity contribution is 5.86. The van der Waals surface area contributed by atoms with E-state index in [1.54, 1.807) is 0 Å². The summed E-state index contributed by atoms with van der Waals surface area (Å²) in [7, 11) is 0. The molecule has 2 aromatic rings. The van der Waals surface area contributed by atoms with Crippen LogP contribution in [0.3, 0.4) is 0 Å². The average Bonchev–Trinajstić information content (AvgIpc) is 2.98. The third kappa shape index (κ3) is 2.38. The van der Waals surface area contributed by atoms with E-state index in [1.165, 1.54) is 0 Å². The van der Waals surface area contributed by atoms with Crippen LogP contribution in [0.1, 0.15) is 40.2 Å². The van der Waals surface area contributed by atoms with Crippen molar-refractivity contribution >= 4 is 5.97 Å². The summed E-state index contributed by atoms with van der Waals surface area (Å²) in [5.41, 5.74) is 0.233. The molecule has 1 aliphatic carbocycles. The lowest BCUT2D eigenvalue weighted by Gasteiger charge is -2.20. The van der Waals surface area contributed by atoms with E-state index in [-0.39, 0.29) is 0 Å². The lowest BCUT2D eigenvalue weighted by atomic mass is 9.84. The number of hydrogen-bond donors (Lipinski definition) is 1. The summed E-state index contributed by atoms with van der Waals surface area (Å²) < 4.78 is 5.98. The van der Waals surface area contributed by atoms with E-state index < -0.39 is 22.2 Å². The van der Waals surface area contributed by atoms with Gasteiger partial charge in [-0.05, 0) is 56.0 Å². The molecule has 0 radical (unpaired) electrons. The van der Waals surface area contributed by atoms with E-state index in [0.29, 0.717) is 5.75 Å². The first-order valence-corrected chi connectivity index (χ1v) is 8.90. The second-order valence-electron chi connectivity index (χ2n) is 8.03. The Kier molecular flexibility index (Phi) is 4.22. The van der Waals surface area contributed by atoms with Crippen molar-refractivity contribution in [3.63, 3.8) is 0 Å². The number of ether oxygens (including phenoxy) is 1. The molecule has 3 nitrogen and oxygen atoms in total. The van der Waals surface area contributed by atoms with E-state index in [9.17, 15) is 9.90 Å². The van der Waals surface area contributed by atoms with E-state index in [1.807, 2.05) is 89.2 Å². The first-order chi connectivity index (χ1) is 12.2. The lowest BCUT2D eigenvalue weighted by Crippen LogP contribution is -2.22. The number of rotatable bonds is 5. The third-order valence-corrected chi connectivity index (χ3v) is 6.16. The Morgan fingerprint density at radius 1 is 0.962 bits per heavy atom. The second kappa shape index (κ2) is 6.01.